The van der Waals surface area contributed by atoms with Gasteiger partial charge in [-0.25, -0.2) is 9.89 Å². The number of nitrogens with one attached hydrogen (secondary N) is 1. The maximum Gasteiger partial charge on any atom is 0.343 e. The molecule has 0 fully saturated rings. The van der Waals surface area contributed by atoms with Crippen molar-refractivity contribution >= 4 is 0 Å². The summed E-state index contributed by atoms with van der Waals surface area (Å²) in [6.45, 7) is 3.12. The zero-order chi connectivity index (χ0) is 13.9. The Morgan fingerprint density at radius 3 is 3.10 bits per heavy atom. The lowest BCUT2D eigenvalue weighted by molar-refractivity contribution is 0.270. The van der Waals surface area contributed by atoms with Crippen LogP contribution in [0.15, 0.2) is 29.1 Å². The molecule has 6 heteroatoms. The van der Waals surface area contributed by atoms with Crippen LogP contribution in [0.25, 0.3) is 0 Å². The fourth-order valence-corrected chi connectivity index (χ4v) is 2.54. The van der Waals surface area contributed by atoms with E-state index in [1.54, 1.807) is 10.6 Å². The summed E-state index contributed by atoms with van der Waals surface area (Å²) in [6.07, 6.45) is 0.761. The molecule has 0 spiro atoms. The van der Waals surface area contributed by atoms with Crippen LogP contribution in [0.5, 0.6) is 0 Å². The Labute approximate surface area is 116 Å². The van der Waals surface area contributed by atoms with Crippen molar-refractivity contribution in [1.29, 1.82) is 5.26 Å². The van der Waals surface area contributed by atoms with E-state index in [4.69, 9.17) is 5.26 Å². The van der Waals surface area contributed by atoms with E-state index in [0.29, 0.717) is 12.1 Å². The third kappa shape index (κ3) is 2.49. The van der Waals surface area contributed by atoms with Crippen LogP contribution in [-0.4, -0.2) is 32.8 Å². The van der Waals surface area contributed by atoms with E-state index in [0.717, 1.165) is 37.4 Å². The van der Waals surface area contributed by atoms with Gasteiger partial charge >= 0.3 is 5.69 Å². The van der Waals surface area contributed by atoms with Crippen molar-refractivity contribution in [3.05, 3.63) is 51.7 Å². The largest absolute Gasteiger partial charge is 0.343 e. The van der Waals surface area contributed by atoms with Crippen LogP contribution in [0, 0.1) is 11.3 Å². The number of rotatable bonds is 2. The molecule has 3 rings (SSSR count). The van der Waals surface area contributed by atoms with Gasteiger partial charge in [0.1, 0.15) is 5.82 Å². The molecule has 1 aromatic heterocycles. The number of benzene rings is 1. The number of aromatic amines is 1. The fraction of sp³-hybridized carbons (Fsp3) is 0.357. The first kappa shape index (κ1) is 12.6. The molecule has 0 unspecified atom stereocenters. The second-order valence-electron chi connectivity index (χ2n) is 4.93. The van der Waals surface area contributed by atoms with E-state index >= 15 is 0 Å². The van der Waals surface area contributed by atoms with Gasteiger partial charge in [-0.3, -0.25) is 9.47 Å². The maximum atomic E-state index is 11.6. The molecule has 0 amide bonds. The predicted octanol–water partition coefficient (Wildman–Crippen LogP) is 0.501. The monoisotopic (exact) mass is 269 g/mol. The number of hydrogen-bond donors (Lipinski definition) is 1. The molecule has 2 aromatic rings. The van der Waals surface area contributed by atoms with E-state index in [1.807, 2.05) is 18.2 Å². The molecule has 0 bridgehead atoms. The quantitative estimate of drug-likeness (QED) is 0.861. The number of aromatic nitrogens is 3. The molecule has 1 aromatic carbocycles. The van der Waals surface area contributed by atoms with Gasteiger partial charge in [0.2, 0.25) is 0 Å². The van der Waals surface area contributed by atoms with Crippen LogP contribution in [-0.2, 0) is 19.5 Å². The van der Waals surface area contributed by atoms with E-state index in [9.17, 15) is 4.79 Å². The highest BCUT2D eigenvalue weighted by Crippen LogP contribution is 2.10. The highest BCUT2D eigenvalue weighted by atomic mass is 16.1. The van der Waals surface area contributed by atoms with Crippen molar-refractivity contribution < 1.29 is 0 Å². The number of nitrogens with zero attached hydrogens (tertiary/aromatic N) is 4. The van der Waals surface area contributed by atoms with Crippen LogP contribution in [0.3, 0.4) is 0 Å². The van der Waals surface area contributed by atoms with Crippen molar-refractivity contribution in [3.8, 4) is 6.07 Å². The predicted molar refractivity (Wildman–Crippen MR) is 73.0 cm³/mol. The minimum atomic E-state index is -0.131. The van der Waals surface area contributed by atoms with Gasteiger partial charge < -0.3 is 0 Å². The Morgan fingerprint density at radius 1 is 1.35 bits per heavy atom. The van der Waals surface area contributed by atoms with Crippen LogP contribution in [0.4, 0.5) is 0 Å². The Balaban J connectivity index is 1.71. The highest BCUT2D eigenvalue weighted by Gasteiger charge is 2.16. The van der Waals surface area contributed by atoms with Gasteiger partial charge in [-0.2, -0.15) is 10.4 Å². The van der Waals surface area contributed by atoms with Gasteiger partial charge in [0.15, 0.2) is 0 Å². The van der Waals surface area contributed by atoms with Gasteiger partial charge in [-0.1, -0.05) is 12.1 Å². The van der Waals surface area contributed by atoms with Gasteiger partial charge in [-0.05, 0) is 17.7 Å². The SMILES string of the molecule is N#Cc1cccc(CN2CCc3n[nH]c(=O)n3CC2)c1. The van der Waals surface area contributed by atoms with Crippen LogP contribution in [0.2, 0.25) is 0 Å². The Bertz CT molecular complexity index is 709. The summed E-state index contributed by atoms with van der Waals surface area (Å²) in [5.41, 5.74) is 1.67. The molecule has 1 aliphatic rings. The first-order valence-corrected chi connectivity index (χ1v) is 6.62. The Morgan fingerprint density at radius 2 is 2.25 bits per heavy atom. The minimum absolute atomic E-state index is 0.131. The lowest BCUT2D eigenvalue weighted by Crippen LogP contribution is -2.28. The molecule has 2 heterocycles. The summed E-state index contributed by atoms with van der Waals surface area (Å²) in [6, 6.07) is 9.81. The molecule has 1 N–H and O–H groups in total. The molecular formula is C14H15N5O. The average molecular weight is 269 g/mol. The molecule has 0 radical (unpaired) electrons. The van der Waals surface area contributed by atoms with E-state index in [-0.39, 0.29) is 5.69 Å². The third-order valence-electron chi connectivity index (χ3n) is 3.59. The van der Waals surface area contributed by atoms with Crippen molar-refractivity contribution in [3.63, 3.8) is 0 Å². The Kier molecular flexibility index (Phi) is 3.35. The van der Waals surface area contributed by atoms with Crippen molar-refractivity contribution in [2.75, 3.05) is 13.1 Å². The van der Waals surface area contributed by atoms with Gasteiger partial charge in [0, 0.05) is 32.6 Å². The molecule has 0 saturated carbocycles. The van der Waals surface area contributed by atoms with Crippen LogP contribution < -0.4 is 5.69 Å². The van der Waals surface area contributed by atoms with Crippen molar-refractivity contribution in [2.45, 2.75) is 19.5 Å². The minimum Gasteiger partial charge on any atom is -0.297 e. The fourth-order valence-electron chi connectivity index (χ4n) is 2.54. The lowest BCUT2D eigenvalue weighted by atomic mass is 10.1. The average Bonchev–Trinajstić information content (AvgIpc) is 2.70. The summed E-state index contributed by atoms with van der Waals surface area (Å²) in [7, 11) is 0. The second-order valence-corrected chi connectivity index (χ2v) is 4.93. The zero-order valence-electron chi connectivity index (χ0n) is 11.0. The standard InChI is InChI=1S/C14H15N5O/c15-9-11-2-1-3-12(8-11)10-18-5-4-13-16-17-14(20)19(13)7-6-18/h1-3,8H,4-7,10H2,(H,17,20). The zero-order valence-corrected chi connectivity index (χ0v) is 11.0. The first-order chi connectivity index (χ1) is 9.76. The number of H-pyrrole nitrogens is 1. The Hall–Kier alpha value is -2.39. The summed E-state index contributed by atoms with van der Waals surface area (Å²) in [4.78, 5) is 13.8. The summed E-state index contributed by atoms with van der Waals surface area (Å²) in [5.74, 6) is 0.822. The second kappa shape index (κ2) is 5.31. The summed E-state index contributed by atoms with van der Waals surface area (Å²) in [5, 5.41) is 15.5. The first-order valence-electron chi connectivity index (χ1n) is 6.62. The highest BCUT2D eigenvalue weighted by molar-refractivity contribution is 5.32. The third-order valence-corrected chi connectivity index (χ3v) is 3.59. The number of fused-ring (bicyclic) bond motifs is 1. The van der Waals surface area contributed by atoms with Crippen molar-refractivity contribution in [2.24, 2.45) is 0 Å². The topological polar surface area (TPSA) is 77.7 Å². The number of hydrogen-bond acceptors (Lipinski definition) is 4. The normalized spacial score (nSPS) is 15.3. The molecule has 102 valence electrons. The molecule has 0 saturated heterocycles. The molecule has 20 heavy (non-hydrogen) atoms. The van der Waals surface area contributed by atoms with E-state index < -0.39 is 0 Å². The number of nitriles is 1. The molecule has 0 atom stereocenters. The summed E-state index contributed by atoms with van der Waals surface area (Å²) >= 11 is 0. The molecule has 1 aliphatic heterocycles. The molecule has 0 aliphatic carbocycles. The van der Waals surface area contributed by atoms with Gasteiger partial charge in [0.25, 0.3) is 0 Å². The molecular weight excluding hydrogens is 254 g/mol. The molecule has 6 nitrogen and oxygen atoms in total. The lowest BCUT2D eigenvalue weighted by Gasteiger charge is -2.19. The maximum absolute atomic E-state index is 11.6. The van der Waals surface area contributed by atoms with E-state index in [1.165, 1.54) is 0 Å². The van der Waals surface area contributed by atoms with Crippen LogP contribution >= 0.6 is 0 Å². The summed E-state index contributed by atoms with van der Waals surface area (Å²) < 4.78 is 1.70. The smallest absolute Gasteiger partial charge is 0.297 e. The van der Waals surface area contributed by atoms with E-state index in [2.05, 4.69) is 21.2 Å². The van der Waals surface area contributed by atoms with Crippen LogP contribution in [0.1, 0.15) is 17.0 Å². The van der Waals surface area contributed by atoms with Gasteiger partial charge in [-0.15, -0.1) is 0 Å². The van der Waals surface area contributed by atoms with Crippen molar-refractivity contribution in [1.82, 2.24) is 19.7 Å². The van der Waals surface area contributed by atoms with Gasteiger partial charge in [0.05, 0.1) is 11.6 Å².